The number of fused-ring (bicyclic) bond motifs is 3. The average Bonchev–Trinajstić information content (AvgIpc) is 3.42. The summed E-state index contributed by atoms with van der Waals surface area (Å²) in [6, 6.07) is 10.6. The number of aliphatic hydroxyl groups excluding tert-OH is 1. The Labute approximate surface area is 194 Å². The number of amides is 1. The second kappa shape index (κ2) is 8.09. The van der Waals surface area contributed by atoms with Gasteiger partial charge in [0.05, 0.1) is 27.5 Å². The molecule has 0 radical (unpaired) electrons. The van der Waals surface area contributed by atoms with Crippen LogP contribution in [0.3, 0.4) is 0 Å². The summed E-state index contributed by atoms with van der Waals surface area (Å²) in [4.78, 5) is 40.3. The molecule has 5 rings (SSSR count). The SMILES string of the molecule is Cc1c(C(=O)C2=C(O)C(=O)N(CCN(C)C)C2c2ccncc2)sc2nc3ccccc3n12. The number of pyridine rings is 1. The van der Waals surface area contributed by atoms with E-state index in [9.17, 15) is 14.7 Å². The van der Waals surface area contributed by atoms with Gasteiger partial charge in [0.2, 0.25) is 5.78 Å². The Morgan fingerprint density at radius 1 is 1.18 bits per heavy atom. The number of benzene rings is 1. The molecule has 0 bridgehead atoms. The minimum atomic E-state index is -0.682. The summed E-state index contributed by atoms with van der Waals surface area (Å²) in [6.45, 7) is 2.83. The molecule has 1 aliphatic heterocycles. The Bertz CT molecular complexity index is 1420. The highest BCUT2D eigenvalue weighted by atomic mass is 32.1. The first-order chi connectivity index (χ1) is 15.9. The van der Waals surface area contributed by atoms with Gasteiger partial charge in [-0.15, -0.1) is 0 Å². The molecule has 0 fully saturated rings. The Kier molecular flexibility index (Phi) is 5.22. The van der Waals surface area contributed by atoms with E-state index in [1.54, 1.807) is 29.4 Å². The highest BCUT2D eigenvalue weighted by Gasteiger charge is 2.44. The van der Waals surface area contributed by atoms with Gasteiger partial charge in [0.1, 0.15) is 0 Å². The summed E-state index contributed by atoms with van der Waals surface area (Å²) in [5.74, 6) is -1.38. The van der Waals surface area contributed by atoms with Crippen molar-refractivity contribution in [3.8, 4) is 0 Å². The standard InChI is InChI=1S/C24H23N5O3S/c1-14-22(33-24-26-16-6-4-5-7-17(16)29(14)24)20(30)18-19(15-8-10-25-11-9-15)28(13-12-27(2)3)23(32)21(18)31/h4-11,19,31H,12-13H2,1-3H3. The van der Waals surface area contributed by atoms with E-state index in [0.717, 1.165) is 22.3 Å². The van der Waals surface area contributed by atoms with Gasteiger partial charge in [-0.1, -0.05) is 23.5 Å². The van der Waals surface area contributed by atoms with Crippen molar-refractivity contribution in [2.24, 2.45) is 0 Å². The van der Waals surface area contributed by atoms with Gasteiger partial charge >= 0.3 is 0 Å². The van der Waals surface area contributed by atoms with Crippen molar-refractivity contribution in [3.63, 3.8) is 0 Å². The fourth-order valence-corrected chi connectivity index (χ4v) is 5.41. The van der Waals surface area contributed by atoms with Crippen LogP contribution in [-0.4, -0.2) is 68.2 Å². The molecule has 1 unspecified atom stereocenters. The molecule has 0 aliphatic carbocycles. The summed E-state index contributed by atoms with van der Waals surface area (Å²) >= 11 is 1.27. The first-order valence-corrected chi connectivity index (χ1v) is 11.4. The summed E-state index contributed by atoms with van der Waals surface area (Å²) in [5, 5.41) is 10.9. The number of hydrogen-bond acceptors (Lipinski definition) is 7. The Morgan fingerprint density at radius 2 is 1.91 bits per heavy atom. The lowest BCUT2D eigenvalue weighted by Crippen LogP contribution is -2.36. The zero-order valence-corrected chi connectivity index (χ0v) is 19.3. The number of carbonyl (C=O) groups excluding carboxylic acids is 2. The fraction of sp³-hybridized carbons (Fsp3) is 0.250. The normalized spacial score (nSPS) is 16.7. The first kappa shape index (κ1) is 21.3. The van der Waals surface area contributed by atoms with Crippen LogP contribution in [0, 0.1) is 6.92 Å². The number of aliphatic hydroxyl groups is 1. The molecule has 1 atom stereocenters. The number of hydrogen-bond donors (Lipinski definition) is 1. The average molecular weight is 462 g/mol. The number of rotatable bonds is 6. The number of aromatic nitrogens is 3. The molecule has 0 spiro atoms. The monoisotopic (exact) mass is 461 g/mol. The Morgan fingerprint density at radius 3 is 2.64 bits per heavy atom. The molecule has 3 aromatic heterocycles. The van der Waals surface area contributed by atoms with Gasteiger partial charge in [0.25, 0.3) is 5.91 Å². The number of nitrogens with zero attached hydrogens (tertiary/aromatic N) is 5. The van der Waals surface area contributed by atoms with Gasteiger partial charge in [0.15, 0.2) is 10.7 Å². The summed E-state index contributed by atoms with van der Waals surface area (Å²) < 4.78 is 1.95. The van der Waals surface area contributed by atoms with Crippen LogP contribution in [0.1, 0.15) is 27.0 Å². The van der Waals surface area contributed by atoms with Crippen LogP contribution in [0.5, 0.6) is 0 Å². The van der Waals surface area contributed by atoms with E-state index in [-0.39, 0.29) is 11.4 Å². The van der Waals surface area contributed by atoms with Crippen molar-refractivity contribution >= 4 is 39.0 Å². The van der Waals surface area contributed by atoms with Gasteiger partial charge in [-0.25, -0.2) is 4.98 Å². The van der Waals surface area contributed by atoms with E-state index >= 15 is 0 Å². The number of likely N-dealkylation sites (N-methyl/N-ethyl adjacent to an activating group) is 1. The van der Waals surface area contributed by atoms with Crippen molar-refractivity contribution in [2.75, 3.05) is 27.2 Å². The summed E-state index contributed by atoms with van der Waals surface area (Å²) in [5.41, 5.74) is 3.34. The molecule has 9 heteroatoms. The molecular formula is C24H23N5O3S. The van der Waals surface area contributed by atoms with E-state index in [1.165, 1.54) is 11.3 Å². The molecule has 168 valence electrons. The van der Waals surface area contributed by atoms with Gasteiger partial charge in [-0.2, -0.15) is 0 Å². The third kappa shape index (κ3) is 3.40. The minimum Gasteiger partial charge on any atom is -0.503 e. The van der Waals surface area contributed by atoms with Gasteiger partial charge in [0, 0.05) is 31.2 Å². The van der Waals surface area contributed by atoms with Crippen molar-refractivity contribution < 1.29 is 14.7 Å². The third-order valence-electron chi connectivity index (χ3n) is 5.95. The molecule has 1 aromatic carbocycles. The number of para-hydroxylation sites is 2. The molecule has 0 saturated carbocycles. The molecule has 33 heavy (non-hydrogen) atoms. The van der Waals surface area contributed by atoms with Crippen LogP contribution in [-0.2, 0) is 4.79 Å². The molecule has 1 aliphatic rings. The Hall–Kier alpha value is -3.56. The van der Waals surface area contributed by atoms with Crippen LogP contribution >= 0.6 is 11.3 Å². The predicted molar refractivity (Wildman–Crippen MR) is 127 cm³/mol. The highest BCUT2D eigenvalue weighted by molar-refractivity contribution is 7.19. The van der Waals surface area contributed by atoms with Crippen LogP contribution in [0.2, 0.25) is 0 Å². The smallest absolute Gasteiger partial charge is 0.290 e. The summed E-state index contributed by atoms with van der Waals surface area (Å²) in [7, 11) is 3.83. The van der Waals surface area contributed by atoms with Crippen molar-refractivity contribution in [3.05, 3.63) is 76.3 Å². The van der Waals surface area contributed by atoms with Gasteiger partial charge in [-0.3, -0.25) is 19.0 Å². The Balaban J connectivity index is 1.62. The molecule has 1 amide bonds. The van der Waals surface area contributed by atoms with Crippen LogP contribution in [0.15, 0.2) is 60.1 Å². The first-order valence-electron chi connectivity index (χ1n) is 10.6. The lowest BCUT2D eigenvalue weighted by atomic mass is 9.96. The zero-order chi connectivity index (χ0) is 23.3. The van der Waals surface area contributed by atoms with E-state index in [2.05, 4.69) is 9.97 Å². The molecule has 4 heterocycles. The number of Topliss-reactive ketones (excluding diaryl/α,β-unsaturated/α-hetero) is 1. The molecular weight excluding hydrogens is 438 g/mol. The topological polar surface area (TPSA) is 91.0 Å². The maximum absolute atomic E-state index is 13.8. The van der Waals surface area contributed by atoms with Gasteiger partial charge < -0.3 is 14.9 Å². The van der Waals surface area contributed by atoms with Crippen LogP contribution in [0.4, 0.5) is 0 Å². The highest BCUT2D eigenvalue weighted by Crippen LogP contribution is 2.40. The van der Waals surface area contributed by atoms with Crippen molar-refractivity contribution in [2.45, 2.75) is 13.0 Å². The predicted octanol–water partition coefficient (Wildman–Crippen LogP) is 3.39. The largest absolute Gasteiger partial charge is 0.503 e. The number of aryl methyl sites for hydroxylation is 1. The molecule has 1 N–H and O–H groups in total. The third-order valence-corrected chi connectivity index (χ3v) is 7.09. The number of ketones is 1. The number of carbonyl (C=O) groups is 2. The van der Waals surface area contributed by atoms with Crippen LogP contribution in [0.25, 0.3) is 16.0 Å². The number of thiazole rings is 1. The maximum atomic E-state index is 13.8. The maximum Gasteiger partial charge on any atom is 0.290 e. The molecule has 8 nitrogen and oxygen atoms in total. The number of imidazole rings is 1. The van der Waals surface area contributed by atoms with Crippen LogP contribution < -0.4 is 0 Å². The van der Waals surface area contributed by atoms with Crippen molar-refractivity contribution in [1.29, 1.82) is 0 Å². The molecule has 0 saturated heterocycles. The van der Waals surface area contributed by atoms with Gasteiger partial charge in [-0.05, 0) is 50.8 Å². The van der Waals surface area contributed by atoms with E-state index in [0.29, 0.717) is 22.9 Å². The fourth-order valence-electron chi connectivity index (χ4n) is 4.31. The lowest BCUT2D eigenvalue weighted by Gasteiger charge is -2.27. The van der Waals surface area contributed by atoms with E-state index in [4.69, 9.17) is 0 Å². The van der Waals surface area contributed by atoms with E-state index < -0.39 is 17.7 Å². The second-order valence-electron chi connectivity index (χ2n) is 8.31. The summed E-state index contributed by atoms with van der Waals surface area (Å²) in [6.07, 6.45) is 3.25. The minimum absolute atomic E-state index is 0.0989. The second-order valence-corrected chi connectivity index (χ2v) is 9.29. The van der Waals surface area contributed by atoms with E-state index in [1.807, 2.05) is 54.6 Å². The van der Waals surface area contributed by atoms with Crippen molar-refractivity contribution in [1.82, 2.24) is 24.2 Å². The quantitative estimate of drug-likeness (QED) is 0.443. The zero-order valence-electron chi connectivity index (χ0n) is 18.5. The lowest BCUT2D eigenvalue weighted by molar-refractivity contribution is -0.129. The molecule has 4 aromatic rings.